The van der Waals surface area contributed by atoms with Gasteiger partial charge in [0.25, 0.3) is 0 Å². The molecule has 4 nitrogen and oxygen atoms in total. The van der Waals surface area contributed by atoms with Crippen molar-refractivity contribution < 1.29 is 14.2 Å². The van der Waals surface area contributed by atoms with Crippen LogP contribution in [0.2, 0.25) is 0 Å². The van der Waals surface area contributed by atoms with E-state index in [0.29, 0.717) is 5.92 Å². The summed E-state index contributed by atoms with van der Waals surface area (Å²) in [5.74, 6) is -0.223. The lowest BCUT2D eigenvalue weighted by molar-refractivity contribution is -0.187. The van der Waals surface area contributed by atoms with Gasteiger partial charge in [0.05, 0.1) is 6.10 Å². The fraction of sp³-hybridized carbons (Fsp3) is 0.600. The van der Waals surface area contributed by atoms with Crippen LogP contribution in [0.25, 0.3) is 5.57 Å². The molecular weight excluding hydrogens is 302 g/mol. The van der Waals surface area contributed by atoms with Crippen molar-refractivity contribution in [1.82, 2.24) is 0 Å². The van der Waals surface area contributed by atoms with Crippen LogP contribution in [-0.2, 0) is 14.2 Å². The summed E-state index contributed by atoms with van der Waals surface area (Å²) < 4.78 is 18.6. The van der Waals surface area contributed by atoms with Crippen molar-refractivity contribution in [2.75, 3.05) is 19.0 Å². The van der Waals surface area contributed by atoms with Gasteiger partial charge < -0.3 is 19.1 Å². The van der Waals surface area contributed by atoms with E-state index in [1.54, 1.807) is 0 Å². The molecule has 2 bridgehead atoms. The maximum absolute atomic E-state index is 6.28. The normalized spacial score (nSPS) is 36.8. The summed E-state index contributed by atoms with van der Waals surface area (Å²) in [5.41, 5.74) is 5.17. The van der Waals surface area contributed by atoms with Crippen molar-refractivity contribution in [1.29, 1.82) is 0 Å². The molecule has 3 aliphatic heterocycles. The molecule has 0 saturated carbocycles. The van der Waals surface area contributed by atoms with Crippen molar-refractivity contribution >= 4 is 11.3 Å². The van der Waals surface area contributed by atoms with Gasteiger partial charge in [0.2, 0.25) is 0 Å². The van der Waals surface area contributed by atoms with Gasteiger partial charge in [-0.2, -0.15) is 0 Å². The molecule has 0 spiro atoms. The third-order valence-electron chi connectivity index (χ3n) is 5.58. The third-order valence-corrected chi connectivity index (χ3v) is 5.58. The Bertz CT molecular complexity index is 677. The second-order valence-corrected chi connectivity index (χ2v) is 7.91. The number of rotatable bonds is 2. The van der Waals surface area contributed by atoms with Gasteiger partial charge >= 0.3 is 0 Å². The van der Waals surface area contributed by atoms with Crippen LogP contribution in [0.4, 0.5) is 5.69 Å². The average Bonchev–Trinajstić information content (AvgIpc) is 2.98. The van der Waals surface area contributed by atoms with Gasteiger partial charge in [-0.05, 0) is 49.6 Å². The Hall–Kier alpha value is -1.36. The maximum atomic E-state index is 6.28. The first-order valence-corrected chi connectivity index (χ1v) is 8.78. The standard InChI is InChI=1S/C20H27NO3/c1-11-15(13-7-9-14(10-8-13)21(5)6)12(2)17-19-18(16(11)22-17)23-20(3,4)24-19/h7-11,16-19H,1-6H3/t11-,16+,17-,18+,19-/m1/s1. The lowest BCUT2D eigenvalue weighted by atomic mass is 9.84. The van der Waals surface area contributed by atoms with E-state index in [1.807, 2.05) is 13.8 Å². The monoisotopic (exact) mass is 329 g/mol. The Labute approximate surface area is 144 Å². The molecule has 4 rings (SSSR count). The van der Waals surface area contributed by atoms with E-state index < -0.39 is 5.79 Å². The minimum Gasteiger partial charge on any atom is -0.378 e. The Morgan fingerprint density at radius 3 is 2.21 bits per heavy atom. The van der Waals surface area contributed by atoms with E-state index in [0.717, 1.165) is 0 Å². The highest BCUT2D eigenvalue weighted by atomic mass is 16.8. The van der Waals surface area contributed by atoms with E-state index in [1.165, 1.54) is 22.4 Å². The summed E-state index contributed by atoms with van der Waals surface area (Å²) in [6, 6.07) is 8.79. The molecule has 2 fully saturated rings. The van der Waals surface area contributed by atoms with Crippen LogP contribution in [0.1, 0.15) is 33.3 Å². The molecule has 130 valence electrons. The first-order chi connectivity index (χ1) is 11.3. The number of ether oxygens (including phenoxy) is 3. The summed E-state index contributed by atoms with van der Waals surface area (Å²) in [5, 5.41) is 0. The van der Waals surface area contributed by atoms with Gasteiger partial charge in [-0.3, -0.25) is 0 Å². The van der Waals surface area contributed by atoms with Crippen LogP contribution in [-0.4, -0.2) is 44.3 Å². The van der Waals surface area contributed by atoms with Crippen molar-refractivity contribution in [3.8, 4) is 0 Å². The van der Waals surface area contributed by atoms with E-state index in [4.69, 9.17) is 14.2 Å². The summed E-state index contributed by atoms with van der Waals surface area (Å²) in [4.78, 5) is 2.12. The number of hydrogen-bond donors (Lipinski definition) is 0. The molecule has 0 aromatic heterocycles. The maximum Gasteiger partial charge on any atom is 0.164 e. The highest BCUT2D eigenvalue weighted by molar-refractivity contribution is 5.74. The minimum atomic E-state index is -0.513. The molecular formula is C20H27NO3. The number of fused-ring (bicyclic) bond motifs is 5. The Kier molecular flexibility index (Phi) is 3.57. The molecule has 0 amide bonds. The van der Waals surface area contributed by atoms with Gasteiger partial charge in [-0.25, -0.2) is 0 Å². The van der Waals surface area contributed by atoms with Crippen LogP contribution in [0, 0.1) is 5.92 Å². The van der Waals surface area contributed by atoms with E-state index in [9.17, 15) is 0 Å². The lowest BCUT2D eigenvalue weighted by Crippen LogP contribution is -2.36. The number of anilines is 1. The zero-order valence-corrected chi connectivity index (χ0v) is 15.4. The Morgan fingerprint density at radius 2 is 1.58 bits per heavy atom. The van der Waals surface area contributed by atoms with Crippen molar-refractivity contribution in [3.63, 3.8) is 0 Å². The minimum absolute atomic E-state index is 0.00139. The molecule has 0 aliphatic carbocycles. The van der Waals surface area contributed by atoms with Crippen molar-refractivity contribution in [2.24, 2.45) is 5.92 Å². The van der Waals surface area contributed by atoms with E-state index in [-0.39, 0.29) is 24.4 Å². The van der Waals surface area contributed by atoms with E-state index in [2.05, 4.69) is 57.1 Å². The molecule has 0 radical (unpaired) electrons. The largest absolute Gasteiger partial charge is 0.378 e. The molecule has 3 heterocycles. The van der Waals surface area contributed by atoms with Crippen molar-refractivity contribution in [2.45, 2.75) is 57.9 Å². The highest BCUT2D eigenvalue weighted by Crippen LogP contribution is 2.50. The molecule has 1 aromatic carbocycles. The second kappa shape index (κ2) is 5.32. The van der Waals surface area contributed by atoms with Crippen LogP contribution >= 0.6 is 0 Å². The summed E-state index contributed by atoms with van der Waals surface area (Å²) in [6.07, 6.45) is 0.0926. The second-order valence-electron chi connectivity index (χ2n) is 7.91. The zero-order chi connectivity index (χ0) is 17.2. The van der Waals surface area contributed by atoms with Crippen molar-refractivity contribution in [3.05, 3.63) is 35.4 Å². The zero-order valence-electron chi connectivity index (χ0n) is 15.4. The van der Waals surface area contributed by atoms with Gasteiger partial charge in [-0.15, -0.1) is 0 Å². The smallest absolute Gasteiger partial charge is 0.164 e. The number of hydrogen-bond acceptors (Lipinski definition) is 4. The van der Waals surface area contributed by atoms with Crippen LogP contribution < -0.4 is 4.90 Å². The molecule has 24 heavy (non-hydrogen) atoms. The number of benzene rings is 1. The third kappa shape index (κ3) is 2.32. The predicted molar refractivity (Wildman–Crippen MR) is 95.0 cm³/mol. The molecule has 0 unspecified atom stereocenters. The molecule has 3 aliphatic rings. The quantitative estimate of drug-likeness (QED) is 0.831. The summed E-state index contributed by atoms with van der Waals surface area (Å²) >= 11 is 0. The average molecular weight is 329 g/mol. The summed E-state index contributed by atoms with van der Waals surface area (Å²) in [7, 11) is 4.13. The first-order valence-electron chi connectivity index (χ1n) is 8.78. The van der Waals surface area contributed by atoms with Crippen LogP contribution in [0.3, 0.4) is 0 Å². The van der Waals surface area contributed by atoms with E-state index >= 15 is 0 Å². The predicted octanol–water partition coefficient (Wildman–Crippen LogP) is 3.46. The molecule has 1 aromatic rings. The van der Waals surface area contributed by atoms with Gasteiger partial charge in [0.1, 0.15) is 18.3 Å². The molecule has 0 N–H and O–H groups in total. The SMILES string of the molecule is CC1=C(c2ccc(N(C)C)cc2)[C@@H](C)[C@@H]2O[C@H]1[C@H]1OC(C)(C)O[C@@H]21. The highest BCUT2D eigenvalue weighted by Gasteiger charge is 2.59. The first kappa shape index (κ1) is 16.1. The molecule has 2 saturated heterocycles. The van der Waals surface area contributed by atoms with Gasteiger partial charge in [0, 0.05) is 25.7 Å². The molecule has 4 heteroatoms. The fourth-order valence-corrected chi connectivity index (χ4v) is 4.49. The van der Waals surface area contributed by atoms with Gasteiger partial charge in [-0.1, -0.05) is 19.1 Å². The summed E-state index contributed by atoms with van der Waals surface area (Å²) in [6.45, 7) is 8.41. The molecule has 5 atom stereocenters. The lowest BCUT2D eigenvalue weighted by Gasteiger charge is -2.34. The van der Waals surface area contributed by atoms with Crippen LogP contribution in [0.15, 0.2) is 29.8 Å². The van der Waals surface area contributed by atoms with Gasteiger partial charge in [0.15, 0.2) is 5.79 Å². The van der Waals surface area contributed by atoms with Crippen LogP contribution in [0.5, 0.6) is 0 Å². The number of nitrogens with zero attached hydrogens (tertiary/aromatic N) is 1. The Balaban J connectivity index is 1.71. The topological polar surface area (TPSA) is 30.9 Å². The fourth-order valence-electron chi connectivity index (χ4n) is 4.49. The Morgan fingerprint density at radius 1 is 0.958 bits per heavy atom.